The molecule has 0 saturated heterocycles. The summed E-state index contributed by atoms with van der Waals surface area (Å²) < 4.78 is 2.70. The molecular weight excluding hydrogens is 1380 g/mol. The van der Waals surface area contributed by atoms with Crippen molar-refractivity contribution in [2.75, 3.05) is 27.2 Å². The van der Waals surface area contributed by atoms with Crippen molar-refractivity contribution in [1.29, 1.82) is 0 Å². The second kappa shape index (κ2) is 32.7. The van der Waals surface area contributed by atoms with Gasteiger partial charge in [-0.05, 0) is 134 Å². The maximum absolute atomic E-state index is 15.4. The first kappa shape index (κ1) is 73.0. The Bertz CT molecular complexity index is 4740. The Labute approximate surface area is 626 Å². The minimum absolute atomic E-state index is 0.123. The zero-order valence-corrected chi connectivity index (χ0v) is 65.3. The number of aldehydes is 2. The summed E-state index contributed by atoms with van der Waals surface area (Å²) in [4.78, 5) is 102. The Morgan fingerprint density at radius 2 is 0.676 bits per heavy atom. The Hall–Kier alpha value is -7.38. The van der Waals surface area contributed by atoms with Gasteiger partial charge < -0.3 is 24.2 Å². The van der Waals surface area contributed by atoms with Gasteiger partial charge in [0.15, 0.2) is 12.6 Å². The van der Waals surface area contributed by atoms with Gasteiger partial charge in [-0.2, -0.15) is 0 Å². The first-order valence-electron chi connectivity index (χ1n) is 37.5. The van der Waals surface area contributed by atoms with Crippen molar-refractivity contribution in [1.82, 2.24) is 24.2 Å². The summed E-state index contributed by atoms with van der Waals surface area (Å²) in [5.41, 5.74) is 9.17. The standard InChI is InChI=1S/C85H95N5O6S6/c1-9-15-19-21-23-25-29-57(30-26-24-22-20-16-10-2)90-62-47-55(64-39-43-70(99-64)78-74-77(83(94)86(78)7)81(89(84(74)95)50-54(14-6)28-18-12-4)73-46-42-69(102-73)67-38-34-59(52-92)98-67)31-35-60(62)61-36-32-56(48-63(61)90)65-40-44-72(100-65)80-76-75(85(96)88(80)49-53(13-5)27-17-11-3)79(87(8)82(76)93)71-45-41-68(101-71)66-37-33-58(51-91)97-66/h31-48,51-54,57H,9-30,49-50H2,1-8H3. The number of carbonyl (C=O) groups is 6. The molecule has 2 unspecified atom stereocenters. The second-order valence-corrected chi connectivity index (χ2v) is 34.7. The Morgan fingerprint density at radius 1 is 0.343 bits per heavy atom. The summed E-state index contributed by atoms with van der Waals surface area (Å²) in [5.74, 6) is -0.0679. The highest BCUT2D eigenvalue weighted by atomic mass is 32.1. The largest absolute Gasteiger partial charge is 0.337 e. The summed E-state index contributed by atoms with van der Waals surface area (Å²) in [6, 6.07) is 38.5. The molecule has 13 rings (SSSR count). The van der Waals surface area contributed by atoms with Gasteiger partial charge in [-0.25, -0.2) is 0 Å². The quantitative estimate of drug-likeness (QED) is 0.0282. The molecule has 0 fully saturated rings. The van der Waals surface area contributed by atoms with Gasteiger partial charge in [0, 0.05) is 73.3 Å². The van der Waals surface area contributed by atoms with Crippen molar-refractivity contribution in [2.45, 2.75) is 189 Å². The molecule has 11 nitrogen and oxygen atoms in total. The van der Waals surface area contributed by atoms with E-state index in [2.05, 4.69) is 113 Å². The molecule has 7 aromatic heterocycles. The van der Waals surface area contributed by atoms with E-state index in [9.17, 15) is 19.2 Å². The number of unbranched alkanes of at least 4 members (excludes halogenated alkanes) is 12. The number of thiophene rings is 6. The highest BCUT2D eigenvalue weighted by molar-refractivity contribution is 7.24. The van der Waals surface area contributed by atoms with Crippen LogP contribution in [0.4, 0.5) is 0 Å². The molecule has 4 aliphatic rings. The first-order valence-corrected chi connectivity index (χ1v) is 42.4. The Kier molecular flexibility index (Phi) is 23.4. The number of carbonyl (C=O) groups excluding carboxylic acids is 6. The van der Waals surface area contributed by atoms with Crippen LogP contribution >= 0.6 is 68.0 Å². The van der Waals surface area contributed by atoms with Gasteiger partial charge >= 0.3 is 0 Å². The van der Waals surface area contributed by atoms with Gasteiger partial charge in [0.2, 0.25) is 0 Å². The van der Waals surface area contributed by atoms with Crippen LogP contribution < -0.4 is 0 Å². The summed E-state index contributed by atoms with van der Waals surface area (Å²) in [6.45, 7) is 14.5. The lowest BCUT2D eigenvalue weighted by molar-refractivity contribution is -0.124. The van der Waals surface area contributed by atoms with E-state index in [0.717, 1.165) is 150 Å². The number of amides is 4. The van der Waals surface area contributed by atoms with Crippen LogP contribution in [0.2, 0.25) is 0 Å². The highest BCUT2D eigenvalue weighted by Crippen LogP contribution is 2.53. The topological polar surface area (TPSA) is 120 Å². The van der Waals surface area contributed by atoms with Crippen LogP contribution in [0.25, 0.3) is 85.0 Å². The average Bonchev–Trinajstić information content (AvgIpc) is 1.57. The second-order valence-electron chi connectivity index (χ2n) is 28.2. The molecule has 532 valence electrons. The van der Waals surface area contributed by atoms with Gasteiger partial charge in [0.1, 0.15) is 0 Å². The van der Waals surface area contributed by atoms with Gasteiger partial charge in [-0.3, -0.25) is 28.8 Å². The van der Waals surface area contributed by atoms with Crippen LogP contribution in [0.15, 0.2) is 131 Å². The fourth-order valence-corrected chi connectivity index (χ4v) is 21.9. The van der Waals surface area contributed by atoms with E-state index < -0.39 is 0 Å². The minimum atomic E-state index is -0.175. The fraction of sp³-hybridized carbons (Fsp3) is 0.412. The predicted octanol–water partition coefficient (Wildman–Crippen LogP) is 23.8. The number of hydrogen-bond donors (Lipinski definition) is 0. The predicted molar refractivity (Wildman–Crippen MR) is 430 cm³/mol. The van der Waals surface area contributed by atoms with E-state index in [-0.39, 0.29) is 41.5 Å². The number of rotatable bonds is 37. The van der Waals surface area contributed by atoms with Crippen molar-refractivity contribution >= 4 is 149 Å². The van der Waals surface area contributed by atoms with E-state index in [0.29, 0.717) is 67.9 Å². The van der Waals surface area contributed by atoms with E-state index in [4.69, 9.17) is 0 Å². The van der Waals surface area contributed by atoms with E-state index >= 15 is 9.59 Å². The highest BCUT2D eigenvalue weighted by Gasteiger charge is 2.51. The fourth-order valence-electron chi connectivity index (χ4n) is 15.7. The Morgan fingerprint density at radius 3 is 1.06 bits per heavy atom. The third-order valence-corrected chi connectivity index (χ3v) is 28.3. The summed E-state index contributed by atoms with van der Waals surface area (Å²) in [5, 5.41) is 2.40. The SMILES string of the molecule is CCCCCCCCC(CCCCCCCC)n1c2cc(-c3ccc(C4=C5C(=O)N(CC(CC)CCCC)C(c6ccc(-c7ccc(C=O)s7)s6)=C5C(=O)N4C)s3)ccc2c2ccc(-c3ccc(C4=C5C(=O)N(C)C(c6ccc(-c7ccc(C=O)s7)s6)=C5C(=O)N4CC(CC)CCCC)s3)cc21. The third-order valence-electron chi connectivity index (χ3n) is 21.4. The van der Waals surface area contributed by atoms with Gasteiger partial charge in [-0.1, -0.05) is 181 Å². The van der Waals surface area contributed by atoms with Crippen molar-refractivity contribution in [3.8, 4) is 40.4 Å². The molecule has 0 spiro atoms. The zero-order chi connectivity index (χ0) is 71.3. The molecule has 2 atom stereocenters. The molecule has 0 bridgehead atoms. The van der Waals surface area contributed by atoms with E-state index in [1.807, 2.05) is 59.3 Å². The molecule has 9 aromatic rings. The molecule has 0 radical (unpaired) electrons. The number of nitrogens with zero attached hydrogens (tertiary/aromatic N) is 5. The van der Waals surface area contributed by atoms with Crippen molar-refractivity contribution < 1.29 is 28.8 Å². The molecule has 102 heavy (non-hydrogen) atoms. The normalized spacial score (nSPS) is 15.5. The lowest BCUT2D eigenvalue weighted by Gasteiger charge is -2.26. The lowest BCUT2D eigenvalue weighted by Crippen LogP contribution is -2.32. The van der Waals surface area contributed by atoms with Gasteiger partial charge in [-0.15, -0.1) is 68.0 Å². The number of likely N-dealkylation sites (N-methyl/N-ethyl adjacent to an activating group) is 2. The van der Waals surface area contributed by atoms with Crippen LogP contribution in [0, 0.1) is 11.8 Å². The summed E-state index contributed by atoms with van der Waals surface area (Å²) in [6.07, 6.45) is 26.6. The molecule has 11 heterocycles. The van der Waals surface area contributed by atoms with Crippen LogP contribution in [0.5, 0.6) is 0 Å². The summed E-state index contributed by atoms with van der Waals surface area (Å²) in [7, 11) is 3.61. The number of benzene rings is 2. The van der Waals surface area contributed by atoms with Crippen LogP contribution in [-0.2, 0) is 19.2 Å². The number of fused-ring (bicyclic) bond motifs is 5. The molecule has 0 N–H and O–H groups in total. The Balaban J connectivity index is 0.906. The minimum Gasteiger partial charge on any atom is -0.337 e. The molecule has 0 saturated carbocycles. The number of aromatic nitrogens is 1. The molecule has 2 aromatic carbocycles. The van der Waals surface area contributed by atoms with Crippen LogP contribution in [0.3, 0.4) is 0 Å². The first-order chi connectivity index (χ1) is 49.8. The molecule has 17 heteroatoms. The van der Waals surface area contributed by atoms with Gasteiger partial charge in [0.05, 0.1) is 85.4 Å². The van der Waals surface area contributed by atoms with Gasteiger partial charge in [0.25, 0.3) is 23.6 Å². The smallest absolute Gasteiger partial charge is 0.261 e. The lowest BCUT2D eigenvalue weighted by atomic mass is 9.98. The average molecular weight is 1480 g/mol. The maximum Gasteiger partial charge on any atom is 0.261 e. The van der Waals surface area contributed by atoms with Crippen molar-refractivity contribution in [3.63, 3.8) is 0 Å². The van der Waals surface area contributed by atoms with Crippen molar-refractivity contribution in [2.24, 2.45) is 11.8 Å². The zero-order valence-electron chi connectivity index (χ0n) is 60.4. The maximum atomic E-state index is 15.4. The molecule has 4 aliphatic heterocycles. The van der Waals surface area contributed by atoms with Crippen molar-refractivity contribution in [3.05, 3.63) is 161 Å². The van der Waals surface area contributed by atoms with Crippen LogP contribution in [-0.4, -0.2) is 87.6 Å². The number of hydrogen-bond acceptors (Lipinski definition) is 12. The molecule has 4 amide bonds. The molecular formula is C85H95N5O6S6. The van der Waals surface area contributed by atoms with E-state index in [1.165, 1.54) is 109 Å². The monoisotopic (exact) mass is 1470 g/mol. The summed E-state index contributed by atoms with van der Waals surface area (Å²) >= 11 is 9.29. The van der Waals surface area contributed by atoms with E-state index in [1.54, 1.807) is 62.2 Å². The third kappa shape index (κ3) is 14.4. The molecule has 0 aliphatic carbocycles. The van der Waals surface area contributed by atoms with Crippen LogP contribution in [0.1, 0.15) is 228 Å².